The summed E-state index contributed by atoms with van der Waals surface area (Å²) in [4.78, 5) is 28.2. The van der Waals surface area contributed by atoms with Gasteiger partial charge in [-0.05, 0) is 31.9 Å². The summed E-state index contributed by atoms with van der Waals surface area (Å²) in [6, 6.07) is 9.33. The third kappa shape index (κ3) is 4.42. The first-order valence-electron chi connectivity index (χ1n) is 8.95. The molecule has 0 bridgehead atoms. The Kier molecular flexibility index (Phi) is 5.90. The molecule has 1 fully saturated rings. The molecule has 1 aliphatic rings. The Labute approximate surface area is 151 Å². The molecule has 3 rings (SSSR count). The number of aromatic nitrogens is 2. The van der Waals surface area contributed by atoms with Gasteiger partial charge in [-0.15, -0.1) is 0 Å². The minimum Gasteiger partial charge on any atom is -0.492 e. The van der Waals surface area contributed by atoms with Crippen LogP contribution in [0.1, 0.15) is 24.4 Å². The van der Waals surface area contributed by atoms with Crippen molar-refractivity contribution in [1.29, 1.82) is 0 Å². The molecule has 2 aromatic rings. The highest BCUT2D eigenvalue weighted by Gasteiger charge is 2.27. The molecular weight excluding hydrogens is 334 g/mol. The van der Waals surface area contributed by atoms with E-state index in [0.717, 1.165) is 25.4 Å². The van der Waals surface area contributed by atoms with E-state index in [1.807, 2.05) is 30.3 Å². The molecule has 2 N–H and O–H groups in total. The van der Waals surface area contributed by atoms with Crippen molar-refractivity contribution in [2.45, 2.75) is 31.9 Å². The third-order valence-electron chi connectivity index (χ3n) is 4.85. The predicted octanol–water partition coefficient (Wildman–Crippen LogP) is 0.922. The van der Waals surface area contributed by atoms with Crippen molar-refractivity contribution in [3.05, 3.63) is 62.9 Å². The highest BCUT2D eigenvalue weighted by Crippen LogP contribution is 2.22. The van der Waals surface area contributed by atoms with Gasteiger partial charge in [0.1, 0.15) is 12.4 Å². The molecule has 0 unspecified atom stereocenters. The van der Waals surface area contributed by atoms with E-state index in [0.29, 0.717) is 25.0 Å². The summed E-state index contributed by atoms with van der Waals surface area (Å²) in [5, 5.41) is 10.5. The zero-order chi connectivity index (χ0) is 18.5. The second-order valence-electron chi connectivity index (χ2n) is 6.69. The van der Waals surface area contributed by atoms with Gasteiger partial charge in [-0.25, -0.2) is 4.79 Å². The van der Waals surface area contributed by atoms with Gasteiger partial charge >= 0.3 is 5.69 Å². The number of aryl methyl sites for hydroxylation is 1. The maximum atomic E-state index is 12.1. The van der Waals surface area contributed by atoms with Crippen molar-refractivity contribution in [2.24, 2.45) is 0 Å². The number of aliphatic hydroxyl groups excluding tert-OH is 1. The van der Waals surface area contributed by atoms with Crippen LogP contribution in [-0.2, 0) is 0 Å². The number of H-pyrrole nitrogens is 1. The lowest BCUT2D eigenvalue weighted by Crippen LogP contribution is -2.37. The maximum absolute atomic E-state index is 12.1. The number of aromatic amines is 1. The molecule has 7 heteroatoms. The van der Waals surface area contributed by atoms with Crippen LogP contribution in [0.4, 0.5) is 0 Å². The first kappa shape index (κ1) is 18.4. The number of nitrogens with zero attached hydrogens (tertiary/aromatic N) is 2. The molecule has 1 aromatic heterocycles. The summed E-state index contributed by atoms with van der Waals surface area (Å²) < 4.78 is 7.20. The lowest BCUT2D eigenvalue weighted by Gasteiger charge is -2.22. The van der Waals surface area contributed by atoms with E-state index in [2.05, 4.69) is 9.88 Å². The summed E-state index contributed by atoms with van der Waals surface area (Å²) in [5.74, 6) is 0.843. The molecule has 0 amide bonds. The average molecular weight is 359 g/mol. The van der Waals surface area contributed by atoms with E-state index in [9.17, 15) is 14.7 Å². The number of aliphatic hydroxyl groups is 1. The SMILES string of the molecule is Cc1cn([C@H]2CCN(CCOc3ccccc3)CC[C@@H]2O)c(=O)[nH]c1=O. The number of likely N-dealkylation sites (tertiary alicyclic amines) is 1. The summed E-state index contributed by atoms with van der Waals surface area (Å²) in [7, 11) is 0. The van der Waals surface area contributed by atoms with Crippen LogP contribution >= 0.6 is 0 Å². The van der Waals surface area contributed by atoms with Gasteiger partial charge in [-0.3, -0.25) is 19.2 Å². The Morgan fingerprint density at radius 1 is 1.19 bits per heavy atom. The van der Waals surface area contributed by atoms with Crippen LogP contribution in [0.15, 0.2) is 46.1 Å². The van der Waals surface area contributed by atoms with E-state index in [1.165, 1.54) is 4.57 Å². The fourth-order valence-corrected chi connectivity index (χ4v) is 3.32. The van der Waals surface area contributed by atoms with Gasteiger partial charge in [0.15, 0.2) is 0 Å². The summed E-state index contributed by atoms with van der Waals surface area (Å²) in [6.45, 7) is 4.48. The molecule has 1 aromatic carbocycles. The van der Waals surface area contributed by atoms with Crippen LogP contribution in [-0.4, -0.2) is 51.9 Å². The second kappa shape index (κ2) is 8.33. The Bertz CT molecular complexity index is 831. The van der Waals surface area contributed by atoms with Gasteiger partial charge in [0.25, 0.3) is 5.56 Å². The third-order valence-corrected chi connectivity index (χ3v) is 4.85. The molecule has 0 aliphatic carbocycles. The minimum atomic E-state index is -0.627. The molecular formula is C19H25N3O4. The van der Waals surface area contributed by atoms with Crippen LogP contribution in [0.25, 0.3) is 0 Å². The normalized spacial score (nSPS) is 21.3. The molecule has 1 saturated heterocycles. The highest BCUT2D eigenvalue weighted by molar-refractivity contribution is 5.20. The number of para-hydroxylation sites is 1. The molecule has 0 radical (unpaired) electrons. The van der Waals surface area contributed by atoms with E-state index >= 15 is 0 Å². The van der Waals surface area contributed by atoms with Crippen molar-refractivity contribution < 1.29 is 9.84 Å². The van der Waals surface area contributed by atoms with Crippen molar-refractivity contribution in [3.63, 3.8) is 0 Å². The first-order valence-corrected chi connectivity index (χ1v) is 8.95. The smallest absolute Gasteiger partial charge is 0.328 e. The zero-order valence-corrected chi connectivity index (χ0v) is 14.9. The first-order chi connectivity index (χ1) is 12.5. The number of hydrogen-bond donors (Lipinski definition) is 2. The number of hydrogen-bond acceptors (Lipinski definition) is 5. The summed E-state index contributed by atoms with van der Waals surface area (Å²) in [5.41, 5.74) is -0.381. The maximum Gasteiger partial charge on any atom is 0.328 e. The quantitative estimate of drug-likeness (QED) is 0.829. The van der Waals surface area contributed by atoms with Gasteiger partial charge < -0.3 is 9.84 Å². The van der Waals surface area contributed by atoms with Crippen molar-refractivity contribution in [3.8, 4) is 5.75 Å². The Balaban J connectivity index is 1.60. The summed E-state index contributed by atoms with van der Waals surface area (Å²) in [6.07, 6.45) is 2.12. The van der Waals surface area contributed by atoms with Gasteiger partial charge in [0.05, 0.1) is 12.1 Å². The predicted molar refractivity (Wildman–Crippen MR) is 98.7 cm³/mol. The zero-order valence-electron chi connectivity index (χ0n) is 14.9. The van der Waals surface area contributed by atoms with Gasteiger partial charge in [-0.2, -0.15) is 0 Å². The fraction of sp³-hybridized carbons (Fsp3) is 0.474. The Hall–Kier alpha value is -2.38. The number of ether oxygens (including phenoxy) is 1. The number of rotatable bonds is 5. The van der Waals surface area contributed by atoms with Gasteiger partial charge in [0.2, 0.25) is 0 Å². The fourth-order valence-electron chi connectivity index (χ4n) is 3.32. The molecule has 26 heavy (non-hydrogen) atoms. The summed E-state index contributed by atoms with van der Waals surface area (Å²) >= 11 is 0. The van der Waals surface area contributed by atoms with Crippen molar-refractivity contribution >= 4 is 0 Å². The monoisotopic (exact) mass is 359 g/mol. The molecule has 7 nitrogen and oxygen atoms in total. The topological polar surface area (TPSA) is 87.6 Å². The standard InChI is InChI=1S/C19H25N3O4/c1-14-13-22(19(25)20-18(14)24)16-7-9-21(10-8-17(16)23)11-12-26-15-5-3-2-4-6-15/h2-6,13,16-17,23H,7-12H2,1H3,(H,20,24,25)/t16-,17-/m0/s1. The average Bonchev–Trinajstić information content (AvgIpc) is 2.81. The van der Waals surface area contributed by atoms with Crippen LogP contribution in [0, 0.1) is 6.92 Å². The largest absolute Gasteiger partial charge is 0.492 e. The lowest BCUT2D eigenvalue weighted by atomic mass is 10.1. The number of nitrogens with one attached hydrogen (secondary N) is 1. The van der Waals surface area contributed by atoms with Crippen LogP contribution < -0.4 is 16.0 Å². The highest BCUT2D eigenvalue weighted by atomic mass is 16.5. The van der Waals surface area contributed by atoms with E-state index < -0.39 is 11.8 Å². The van der Waals surface area contributed by atoms with E-state index in [4.69, 9.17) is 4.74 Å². The lowest BCUT2D eigenvalue weighted by molar-refractivity contribution is 0.105. The van der Waals surface area contributed by atoms with Gasteiger partial charge in [0, 0.05) is 31.4 Å². The molecule has 0 saturated carbocycles. The van der Waals surface area contributed by atoms with Crippen molar-refractivity contribution in [1.82, 2.24) is 14.5 Å². The van der Waals surface area contributed by atoms with Crippen LogP contribution in [0.2, 0.25) is 0 Å². The second-order valence-corrected chi connectivity index (χ2v) is 6.69. The van der Waals surface area contributed by atoms with Crippen molar-refractivity contribution in [2.75, 3.05) is 26.2 Å². The minimum absolute atomic E-state index is 0.335. The molecule has 2 atom stereocenters. The molecule has 0 spiro atoms. The number of benzene rings is 1. The van der Waals surface area contributed by atoms with Gasteiger partial charge in [-0.1, -0.05) is 18.2 Å². The molecule has 2 heterocycles. The van der Waals surface area contributed by atoms with Crippen LogP contribution in [0.3, 0.4) is 0 Å². The van der Waals surface area contributed by atoms with Crippen LogP contribution in [0.5, 0.6) is 5.75 Å². The van der Waals surface area contributed by atoms with E-state index in [-0.39, 0.29) is 11.6 Å². The Morgan fingerprint density at radius 2 is 1.92 bits per heavy atom. The Morgan fingerprint density at radius 3 is 2.69 bits per heavy atom. The molecule has 1 aliphatic heterocycles. The van der Waals surface area contributed by atoms with E-state index in [1.54, 1.807) is 13.1 Å². The molecule has 140 valence electrons.